The van der Waals surface area contributed by atoms with Gasteiger partial charge >= 0.3 is 5.82 Å². The van der Waals surface area contributed by atoms with E-state index in [2.05, 4.69) is 9.88 Å². The summed E-state index contributed by atoms with van der Waals surface area (Å²) in [6, 6.07) is 0. The average molecular weight is 266 g/mol. The molecule has 1 aliphatic heterocycles. The summed E-state index contributed by atoms with van der Waals surface area (Å²) in [5.41, 5.74) is 0. The molecule has 0 amide bonds. The predicted octanol–water partition coefficient (Wildman–Crippen LogP) is 2.68. The van der Waals surface area contributed by atoms with E-state index in [0.29, 0.717) is 10.8 Å². The molecule has 0 N–H and O–H groups in total. The maximum Gasteiger partial charge on any atom is 0.373 e. The highest BCUT2D eigenvalue weighted by Crippen LogP contribution is 2.32. The van der Waals surface area contributed by atoms with Crippen LogP contribution in [0.5, 0.6) is 0 Å². The van der Waals surface area contributed by atoms with E-state index in [1.165, 1.54) is 24.2 Å². The summed E-state index contributed by atoms with van der Waals surface area (Å²) >= 11 is 1.43. The molecule has 0 aliphatic carbocycles. The Balaban J connectivity index is 2.06. The summed E-state index contributed by atoms with van der Waals surface area (Å²) in [4.78, 5) is 18.1. The molecule has 1 saturated heterocycles. The largest absolute Gasteiger partial charge is 0.373 e. The second-order valence-corrected chi connectivity index (χ2v) is 5.35. The van der Waals surface area contributed by atoms with Gasteiger partial charge in [0, 0.05) is 18.5 Å². The molecule has 2 aromatic heterocycles. The van der Waals surface area contributed by atoms with Crippen molar-refractivity contribution in [2.75, 3.05) is 18.0 Å². The van der Waals surface area contributed by atoms with Crippen molar-refractivity contribution in [1.82, 2.24) is 9.38 Å². The van der Waals surface area contributed by atoms with Crippen molar-refractivity contribution in [3.8, 4) is 0 Å². The lowest BCUT2D eigenvalue weighted by atomic mass is 10.2. The third-order valence-corrected chi connectivity index (χ3v) is 4.05. The number of thiazole rings is 1. The highest BCUT2D eigenvalue weighted by molar-refractivity contribution is 7.15. The third kappa shape index (κ3) is 1.84. The summed E-state index contributed by atoms with van der Waals surface area (Å²) < 4.78 is 1.57. The molecule has 0 radical (unpaired) electrons. The van der Waals surface area contributed by atoms with Crippen LogP contribution in [0.3, 0.4) is 0 Å². The Morgan fingerprint density at radius 2 is 2.00 bits per heavy atom. The molecule has 0 saturated carbocycles. The zero-order chi connectivity index (χ0) is 12.5. The summed E-state index contributed by atoms with van der Waals surface area (Å²) in [7, 11) is 0. The van der Waals surface area contributed by atoms with Gasteiger partial charge in [-0.05, 0) is 17.8 Å². The zero-order valence-electron chi connectivity index (χ0n) is 9.91. The molecule has 2 aromatic rings. The van der Waals surface area contributed by atoms with Crippen LogP contribution in [0.15, 0.2) is 11.6 Å². The number of nitrogens with zero attached hydrogens (tertiary/aromatic N) is 4. The van der Waals surface area contributed by atoms with E-state index in [0.717, 1.165) is 25.9 Å². The monoisotopic (exact) mass is 266 g/mol. The predicted molar refractivity (Wildman–Crippen MR) is 70.4 cm³/mol. The van der Waals surface area contributed by atoms with Gasteiger partial charge in [-0.25, -0.2) is 0 Å². The number of hydrogen-bond acceptors (Lipinski definition) is 5. The summed E-state index contributed by atoms with van der Waals surface area (Å²) in [5.74, 6) is 0.641. The minimum atomic E-state index is -0.326. The minimum Gasteiger partial charge on any atom is -0.358 e. The lowest BCUT2D eigenvalue weighted by molar-refractivity contribution is -0.389. The van der Waals surface area contributed by atoms with Gasteiger partial charge in [-0.15, -0.1) is 0 Å². The fraction of sp³-hybridized carbons (Fsp3) is 0.545. The summed E-state index contributed by atoms with van der Waals surface area (Å²) in [6.45, 7) is 1.73. The Morgan fingerprint density at radius 1 is 1.28 bits per heavy atom. The number of hydrogen-bond donors (Lipinski definition) is 0. The number of anilines is 1. The van der Waals surface area contributed by atoms with Crippen LogP contribution in [-0.2, 0) is 0 Å². The van der Waals surface area contributed by atoms with Crippen molar-refractivity contribution in [2.45, 2.75) is 25.7 Å². The van der Waals surface area contributed by atoms with Gasteiger partial charge < -0.3 is 15.0 Å². The van der Waals surface area contributed by atoms with E-state index in [9.17, 15) is 10.1 Å². The molecule has 0 unspecified atom stereocenters. The lowest BCUT2D eigenvalue weighted by Crippen LogP contribution is -2.25. The number of rotatable bonds is 2. The molecule has 0 aromatic carbocycles. The van der Waals surface area contributed by atoms with E-state index in [4.69, 9.17) is 0 Å². The van der Waals surface area contributed by atoms with Gasteiger partial charge in [-0.2, -0.15) is 9.38 Å². The molecule has 3 heterocycles. The molecule has 18 heavy (non-hydrogen) atoms. The first-order chi connectivity index (χ1) is 8.77. The molecule has 6 nitrogen and oxygen atoms in total. The second-order valence-electron chi connectivity index (χ2n) is 4.47. The topological polar surface area (TPSA) is 63.7 Å². The van der Waals surface area contributed by atoms with Gasteiger partial charge in [0.05, 0.1) is 0 Å². The number of nitro groups is 1. The SMILES string of the molecule is O=[N+]([O-])c1c(N2CCCCCC2)nc2sccn12. The Kier molecular flexibility index (Phi) is 2.91. The van der Waals surface area contributed by atoms with Crippen molar-refractivity contribution >= 4 is 27.9 Å². The molecule has 0 spiro atoms. The Bertz CT molecular complexity index is 569. The van der Waals surface area contributed by atoms with Crippen molar-refractivity contribution in [1.29, 1.82) is 0 Å². The van der Waals surface area contributed by atoms with E-state index < -0.39 is 0 Å². The minimum absolute atomic E-state index is 0.105. The molecule has 1 fully saturated rings. The maximum atomic E-state index is 11.2. The fourth-order valence-electron chi connectivity index (χ4n) is 2.43. The van der Waals surface area contributed by atoms with Crippen LogP contribution >= 0.6 is 11.3 Å². The standard InChI is InChI=1S/C11H14N4O2S/c16-15(17)10-9(12-11-14(10)7-8-18-11)13-5-3-1-2-4-6-13/h7-8H,1-6H2. The fourth-order valence-corrected chi connectivity index (χ4v) is 3.13. The average Bonchev–Trinajstić information content (AvgIpc) is 2.79. The van der Waals surface area contributed by atoms with Crippen LogP contribution in [0.25, 0.3) is 4.96 Å². The first-order valence-corrected chi connectivity index (χ1v) is 7.00. The Labute approximate surface area is 108 Å². The summed E-state index contributed by atoms with van der Waals surface area (Å²) in [6.07, 6.45) is 6.29. The molecular weight excluding hydrogens is 252 g/mol. The Hall–Kier alpha value is -1.63. The zero-order valence-corrected chi connectivity index (χ0v) is 10.7. The second kappa shape index (κ2) is 4.56. The van der Waals surface area contributed by atoms with Gasteiger partial charge in [0.25, 0.3) is 4.96 Å². The van der Waals surface area contributed by atoms with Crippen molar-refractivity contribution < 1.29 is 4.92 Å². The van der Waals surface area contributed by atoms with Gasteiger partial charge in [0.1, 0.15) is 6.20 Å². The van der Waals surface area contributed by atoms with Crippen LogP contribution < -0.4 is 4.90 Å². The van der Waals surface area contributed by atoms with Crippen LogP contribution in [0.4, 0.5) is 11.6 Å². The molecular formula is C11H14N4O2S. The third-order valence-electron chi connectivity index (χ3n) is 3.30. The maximum absolute atomic E-state index is 11.2. The lowest BCUT2D eigenvalue weighted by Gasteiger charge is -2.18. The van der Waals surface area contributed by atoms with Gasteiger partial charge in [0.15, 0.2) is 0 Å². The molecule has 96 valence electrons. The highest BCUT2D eigenvalue weighted by Gasteiger charge is 2.28. The van der Waals surface area contributed by atoms with Crippen LogP contribution in [-0.4, -0.2) is 27.4 Å². The van der Waals surface area contributed by atoms with Gasteiger partial charge in [0.2, 0.25) is 5.82 Å². The number of fused-ring (bicyclic) bond motifs is 1. The van der Waals surface area contributed by atoms with Crippen molar-refractivity contribution in [3.05, 3.63) is 21.7 Å². The Morgan fingerprint density at radius 3 is 2.67 bits per heavy atom. The highest BCUT2D eigenvalue weighted by atomic mass is 32.1. The molecule has 0 bridgehead atoms. The molecule has 3 rings (SSSR count). The summed E-state index contributed by atoms with van der Waals surface area (Å²) in [5, 5.41) is 13.1. The molecule has 0 atom stereocenters. The van der Waals surface area contributed by atoms with E-state index in [1.807, 2.05) is 5.38 Å². The number of imidazole rings is 1. The van der Waals surface area contributed by atoms with Gasteiger partial charge in [-0.3, -0.25) is 0 Å². The van der Waals surface area contributed by atoms with E-state index in [-0.39, 0.29) is 10.7 Å². The van der Waals surface area contributed by atoms with Crippen LogP contribution in [0.1, 0.15) is 25.7 Å². The quantitative estimate of drug-likeness (QED) is 0.619. The molecule has 7 heteroatoms. The van der Waals surface area contributed by atoms with Crippen LogP contribution in [0, 0.1) is 10.1 Å². The van der Waals surface area contributed by atoms with Crippen molar-refractivity contribution in [3.63, 3.8) is 0 Å². The van der Waals surface area contributed by atoms with Gasteiger partial charge in [-0.1, -0.05) is 24.2 Å². The normalized spacial score (nSPS) is 17.0. The first-order valence-electron chi connectivity index (χ1n) is 6.12. The smallest absolute Gasteiger partial charge is 0.358 e. The van der Waals surface area contributed by atoms with Crippen molar-refractivity contribution in [2.24, 2.45) is 0 Å². The first kappa shape index (κ1) is 11.5. The number of aromatic nitrogens is 2. The molecule has 1 aliphatic rings. The van der Waals surface area contributed by atoms with E-state index >= 15 is 0 Å². The van der Waals surface area contributed by atoms with Crippen LogP contribution in [0.2, 0.25) is 0 Å². The van der Waals surface area contributed by atoms with E-state index in [1.54, 1.807) is 10.6 Å².